The lowest BCUT2D eigenvalue weighted by atomic mass is 10.1. The van der Waals surface area contributed by atoms with Gasteiger partial charge < -0.3 is 10.8 Å². The van der Waals surface area contributed by atoms with Gasteiger partial charge in [-0.15, -0.1) is 6.58 Å². The average Bonchev–Trinajstić information content (AvgIpc) is 2.19. The normalized spacial score (nSPS) is 11.0. The number of benzene rings is 1. The SMILES string of the molecule is C=CC.NCC(O)c1ccccc1. The molecule has 1 atom stereocenters. The lowest BCUT2D eigenvalue weighted by Crippen LogP contribution is -2.10. The van der Waals surface area contributed by atoms with Crippen molar-refractivity contribution >= 4 is 0 Å². The van der Waals surface area contributed by atoms with Gasteiger partial charge in [0.1, 0.15) is 0 Å². The van der Waals surface area contributed by atoms with Gasteiger partial charge in [0.05, 0.1) is 6.10 Å². The molecular weight excluding hydrogens is 162 g/mol. The van der Waals surface area contributed by atoms with Crippen molar-refractivity contribution in [3.8, 4) is 0 Å². The summed E-state index contributed by atoms with van der Waals surface area (Å²) < 4.78 is 0. The van der Waals surface area contributed by atoms with Crippen LogP contribution in [0.5, 0.6) is 0 Å². The highest BCUT2D eigenvalue weighted by Gasteiger charge is 2.01. The standard InChI is InChI=1S/C8H11NO.C3H6/c9-6-8(10)7-4-2-1-3-5-7;1-3-2/h1-5,8,10H,6,9H2;3H,1H2,2H3. The monoisotopic (exact) mass is 179 g/mol. The second kappa shape index (κ2) is 7.53. The van der Waals surface area contributed by atoms with Gasteiger partial charge in [-0.25, -0.2) is 0 Å². The van der Waals surface area contributed by atoms with Crippen molar-refractivity contribution in [2.45, 2.75) is 13.0 Å². The summed E-state index contributed by atoms with van der Waals surface area (Å²) in [4.78, 5) is 0. The van der Waals surface area contributed by atoms with Gasteiger partial charge in [-0.3, -0.25) is 0 Å². The highest BCUT2D eigenvalue weighted by molar-refractivity contribution is 5.17. The van der Waals surface area contributed by atoms with Crippen LogP contribution in [0.25, 0.3) is 0 Å². The third-order valence-electron chi connectivity index (χ3n) is 1.41. The first kappa shape index (κ1) is 11.9. The maximum absolute atomic E-state index is 9.20. The summed E-state index contributed by atoms with van der Waals surface area (Å²) >= 11 is 0. The second-order valence-electron chi connectivity index (χ2n) is 2.57. The third kappa shape index (κ3) is 5.17. The summed E-state index contributed by atoms with van der Waals surface area (Å²) in [7, 11) is 0. The zero-order chi connectivity index (χ0) is 10.1. The van der Waals surface area contributed by atoms with Gasteiger partial charge in [-0.1, -0.05) is 36.4 Å². The largest absolute Gasteiger partial charge is 0.387 e. The Morgan fingerprint density at radius 1 is 1.46 bits per heavy atom. The number of nitrogens with two attached hydrogens (primary N) is 1. The first-order valence-corrected chi connectivity index (χ1v) is 4.26. The maximum atomic E-state index is 9.20. The van der Waals surface area contributed by atoms with E-state index in [1.165, 1.54) is 0 Å². The van der Waals surface area contributed by atoms with Crippen LogP contribution in [0.2, 0.25) is 0 Å². The molecule has 0 heterocycles. The third-order valence-corrected chi connectivity index (χ3v) is 1.41. The Hall–Kier alpha value is -1.12. The molecule has 2 heteroatoms. The number of allylic oxidation sites excluding steroid dienone is 1. The Morgan fingerprint density at radius 3 is 2.31 bits per heavy atom. The van der Waals surface area contributed by atoms with Crippen LogP contribution in [0.1, 0.15) is 18.6 Å². The number of aliphatic hydroxyl groups excluding tert-OH is 1. The van der Waals surface area contributed by atoms with Gasteiger partial charge in [-0.2, -0.15) is 0 Å². The van der Waals surface area contributed by atoms with E-state index in [1.807, 2.05) is 37.3 Å². The molecule has 1 aromatic rings. The van der Waals surface area contributed by atoms with E-state index < -0.39 is 6.10 Å². The molecule has 0 aromatic heterocycles. The fraction of sp³-hybridized carbons (Fsp3) is 0.273. The molecule has 1 unspecified atom stereocenters. The lowest BCUT2D eigenvalue weighted by Gasteiger charge is -2.05. The molecule has 72 valence electrons. The molecule has 0 amide bonds. The van der Waals surface area contributed by atoms with E-state index in [1.54, 1.807) is 6.08 Å². The van der Waals surface area contributed by atoms with E-state index in [2.05, 4.69) is 6.58 Å². The van der Waals surface area contributed by atoms with Crippen LogP contribution >= 0.6 is 0 Å². The van der Waals surface area contributed by atoms with Crippen molar-refractivity contribution in [1.29, 1.82) is 0 Å². The van der Waals surface area contributed by atoms with Crippen molar-refractivity contribution in [3.63, 3.8) is 0 Å². The number of aliphatic hydroxyl groups is 1. The highest BCUT2D eigenvalue weighted by atomic mass is 16.3. The van der Waals surface area contributed by atoms with Crippen LogP contribution < -0.4 is 5.73 Å². The molecule has 1 rings (SSSR count). The summed E-state index contributed by atoms with van der Waals surface area (Å²) in [5.74, 6) is 0. The van der Waals surface area contributed by atoms with Crippen molar-refractivity contribution in [1.82, 2.24) is 0 Å². The molecule has 0 saturated carbocycles. The summed E-state index contributed by atoms with van der Waals surface area (Å²) in [5, 5.41) is 9.20. The van der Waals surface area contributed by atoms with Crippen LogP contribution in [0.4, 0.5) is 0 Å². The molecule has 1 aromatic carbocycles. The Kier molecular flexibility index (Phi) is 6.88. The van der Waals surface area contributed by atoms with Crippen LogP contribution in [0, 0.1) is 0 Å². The molecule has 0 spiro atoms. The van der Waals surface area contributed by atoms with Crippen molar-refractivity contribution in [2.75, 3.05) is 6.54 Å². The molecule has 0 bridgehead atoms. The number of hydrogen-bond donors (Lipinski definition) is 2. The maximum Gasteiger partial charge on any atom is 0.0912 e. The summed E-state index contributed by atoms with van der Waals surface area (Å²) in [5.41, 5.74) is 6.13. The molecule has 3 N–H and O–H groups in total. The van der Waals surface area contributed by atoms with Gasteiger partial charge in [0.25, 0.3) is 0 Å². The molecule has 0 fully saturated rings. The average molecular weight is 179 g/mol. The van der Waals surface area contributed by atoms with E-state index >= 15 is 0 Å². The van der Waals surface area contributed by atoms with E-state index in [4.69, 9.17) is 5.73 Å². The zero-order valence-corrected chi connectivity index (χ0v) is 7.98. The first-order valence-electron chi connectivity index (χ1n) is 4.26. The van der Waals surface area contributed by atoms with Gasteiger partial charge >= 0.3 is 0 Å². The Morgan fingerprint density at radius 2 is 1.92 bits per heavy atom. The molecule has 0 aliphatic heterocycles. The molecule has 0 saturated heterocycles. The van der Waals surface area contributed by atoms with Gasteiger partial charge in [0, 0.05) is 6.54 Å². The van der Waals surface area contributed by atoms with E-state index in [9.17, 15) is 5.11 Å². The zero-order valence-electron chi connectivity index (χ0n) is 7.98. The highest BCUT2D eigenvalue weighted by Crippen LogP contribution is 2.08. The van der Waals surface area contributed by atoms with Crippen LogP contribution in [-0.4, -0.2) is 11.7 Å². The number of hydrogen-bond acceptors (Lipinski definition) is 2. The van der Waals surface area contributed by atoms with E-state index in [0.717, 1.165) is 5.56 Å². The van der Waals surface area contributed by atoms with E-state index in [0.29, 0.717) is 0 Å². The predicted octanol–water partition coefficient (Wildman–Crippen LogP) is 1.87. The predicted molar refractivity (Wildman–Crippen MR) is 56.3 cm³/mol. The Labute approximate surface area is 79.7 Å². The minimum Gasteiger partial charge on any atom is -0.387 e. The quantitative estimate of drug-likeness (QED) is 0.681. The van der Waals surface area contributed by atoms with Gasteiger partial charge in [0.2, 0.25) is 0 Å². The Balaban J connectivity index is 0.000000424. The number of rotatable bonds is 2. The van der Waals surface area contributed by atoms with Crippen molar-refractivity contribution in [2.24, 2.45) is 5.73 Å². The summed E-state index contributed by atoms with van der Waals surface area (Å²) in [6.07, 6.45) is 1.24. The Bertz CT molecular complexity index is 221. The van der Waals surface area contributed by atoms with Crippen LogP contribution in [0.3, 0.4) is 0 Å². The lowest BCUT2D eigenvalue weighted by molar-refractivity contribution is 0.187. The fourth-order valence-electron chi connectivity index (χ4n) is 0.811. The van der Waals surface area contributed by atoms with E-state index in [-0.39, 0.29) is 6.54 Å². The minimum atomic E-state index is -0.513. The van der Waals surface area contributed by atoms with Crippen LogP contribution in [0.15, 0.2) is 43.0 Å². The molecule has 0 radical (unpaired) electrons. The van der Waals surface area contributed by atoms with Crippen molar-refractivity contribution in [3.05, 3.63) is 48.6 Å². The minimum absolute atomic E-state index is 0.282. The second-order valence-corrected chi connectivity index (χ2v) is 2.57. The molecular formula is C11H17NO. The summed E-state index contributed by atoms with van der Waals surface area (Å²) in [6, 6.07) is 9.39. The fourth-order valence-corrected chi connectivity index (χ4v) is 0.811. The van der Waals surface area contributed by atoms with Gasteiger partial charge in [0.15, 0.2) is 0 Å². The first-order chi connectivity index (χ1) is 6.26. The molecule has 0 aliphatic carbocycles. The van der Waals surface area contributed by atoms with Crippen LogP contribution in [-0.2, 0) is 0 Å². The molecule has 2 nitrogen and oxygen atoms in total. The summed E-state index contributed by atoms with van der Waals surface area (Å²) in [6.45, 7) is 5.53. The smallest absolute Gasteiger partial charge is 0.0912 e. The molecule has 0 aliphatic rings. The topological polar surface area (TPSA) is 46.2 Å². The van der Waals surface area contributed by atoms with Gasteiger partial charge in [-0.05, 0) is 12.5 Å². The van der Waals surface area contributed by atoms with Crippen molar-refractivity contribution < 1.29 is 5.11 Å². The molecule has 13 heavy (non-hydrogen) atoms.